The molecule has 1 aliphatic heterocycles. The molecule has 1 atom stereocenters. The highest BCUT2D eigenvalue weighted by Gasteiger charge is 2.21. The quantitative estimate of drug-likeness (QED) is 0.741. The summed E-state index contributed by atoms with van der Waals surface area (Å²) in [5, 5.41) is 9.42. The first-order chi connectivity index (χ1) is 12.7. The van der Waals surface area contributed by atoms with Crippen LogP contribution >= 0.6 is 0 Å². The lowest BCUT2D eigenvalue weighted by molar-refractivity contribution is -0.135. The third kappa shape index (κ3) is 4.92. The van der Waals surface area contributed by atoms with Gasteiger partial charge < -0.3 is 19.9 Å². The molecule has 2 amide bonds. The van der Waals surface area contributed by atoms with Crippen molar-refractivity contribution >= 4 is 11.8 Å². The molecule has 1 aliphatic rings. The second kappa shape index (κ2) is 9.15. The van der Waals surface area contributed by atoms with E-state index in [9.17, 15) is 9.59 Å². The second-order valence-corrected chi connectivity index (χ2v) is 6.20. The van der Waals surface area contributed by atoms with Crippen molar-refractivity contribution in [2.24, 2.45) is 0 Å². The number of amides is 2. The molecule has 1 unspecified atom stereocenters. The number of carbonyl (C=O) groups is 2. The van der Waals surface area contributed by atoms with Gasteiger partial charge in [0.25, 0.3) is 5.91 Å². The van der Waals surface area contributed by atoms with Crippen molar-refractivity contribution in [3.05, 3.63) is 42.1 Å². The van der Waals surface area contributed by atoms with Crippen LogP contribution in [-0.2, 0) is 9.53 Å². The molecule has 138 valence electrons. The van der Waals surface area contributed by atoms with E-state index < -0.39 is 0 Å². The Kier molecular flexibility index (Phi) is 6.38. The Labute approximate surface area is 152 Å². The van der Waals surface area contributed by atoms with Gasteiger partial charge >= 0.3 is 0 Å². The molecule has 0 radical (unpaired) electrons. The van der Waals surface area contributed by atoms with Crippen LogP contribution in [0.5, 0.6) is 0 Å². The lowest BCUT2D eigenvalue weighted by Crippen LogP contribution is -2.39. The number of carbonyl (C=O) groups excluding carboxylic acids is 2. The second-order valence-electron chi connectivity index (χ2n) is 6.20. The van der Waals surface area contributed by atoms with Crippen molar-refractivity contribution in [2.45, 2.75) is 31.8 Å². The van der Waals surface area contributed by atoms with Crippen LogP contribution in [0.4, 0.5) is 0 Å². The van der Waals surface area contributed by atoms with Gasteiger partial charge in [-0.1, -0.05) is 35.5 Å². The Balaban J connectivity index is 1.37. The summed E-state index contributed by atoms with van der Waals surface area (Å²) in [7, 11) is 0. The summed E-state index contributed by atoms with van der Waals surface area (Å²) in [6, 6.07) is 11.1. The summed E-state index contributed by atoms with van der Waals surface area (Å²) in [6.45, 7) is 1.59. The van der Waals surface area contributed by atoms with Gasteiger partial charge in [-0.3, -0.25) is 9.59 Å². The minimum Gasteiger partial charge on any atom is -0.368 e. The molecule has 2 heterocycles. The highest BCUT2D eigenvalue weighted by molar-refractivity contribution is 5.93. The van der Waals surface area contributed by atoms with Gasteiger partial charge in [0.1, 0.15) is 6.10 Å². The molecule has 2 N–H and O–H groups in total. The number of nitrogens with zero attached hydrogens (tertiary/aromatic N) is 1. The third-order valence-corrected chi connectivity index (χ3v) is 4.21. The summed E-state index contributed by atoms with van der Waals surface area (Å²) in [5.74, 6) is 0.188. The maximum Gasteiger partial charge on any atom is 0.273 e. The maximum atomic E-state index is 12.1. The highest BCUT2D eigenvalue weighted by atomic mass is 16.5. The van der Waals surface area contributed by atoms with Crippen LogP contribution in [0, 0.1) is 0 Å². The largest absolute Gasteiger partial charge is 0.368 e. The zero-order chi connectivity index (χ0) is 18.2. The normalized spacial score (nSPS) is 16.8. The van der Waals surface area contributed by atoms with E-state index in [1.807, 2.05) is 30.3 Å². The molecule has 7 nitrogen and oxygen atoms in total. The maximum absolute atomic E-state index is 12.1. The molecular weight excluding hydrogens is 334 g/mol. The first kappa shape index (κ1) is 18.1. The van der Waals surface area contributed by atoms with E-state index in [1.54, 1.807) is 6.07 Å². The average Bonchev–Trinajstić information content (AvgIpc) is 3.19. The minimum absolute atomic E-state index is 0.0694. The molecule has 1 fully saturated rings. The van der Waals surface area contributed by atoms with Gasteiger partial charge in [0.15, 0.2) is 11.5 Å². The lowest BCUT2D eigenvalue weighted by atomic mass is 10.1. The lowest BCUT2D eigenvalue weighted by Gasteiger charge is -2.21. The van der Waals surface area contributed by atoms with Crippen LogP contribution in [0.15, 0.2) is 40.9 Å². The molecule has 1 saturated heterocycles. The number of hydrogen-bond acceptors (Lipinski definition) is 5. The molecule has 0 aliphatic carbocycles. The molecule has 3 rings (SSSR count). The Morgan fingerprint density at radius 3 is 2.69 bits per heavy atom. The Morgan fingerprint density at radius 2 is 1.92 bits per heavy atom. The van der Waals surface area contributed by atoms with Gasteiger partial charge in [-0.05, 0) is 25.7 Å². The number of benzene rings is 1. The first-order valence-corrected chi connectivity index (χ1v) is 8.93. The summed E-state index contributed by atoms with van der Waals surface area (Å²) in [5.41, 5.74) is 1.11. The van der Waals surface area contributed by atoms with Gasteiger partial charge in [-0.15, -0.1) is 0 Å². The molecule has 7 heteroatoms. The monoisotopic (exact) mass is 357 g/mol. The summed E-state index contributed by atoms with van der Waals surface area (Å²) >= 11 is 0. The number of rotatable bonds is 7. The fraction of sp³-hybridized carbons (Fsp3) is 0.421. The van der Waals surface area contributed by atoms with E-state index in [2.05, 4.69) is 15.8 Å². The van der Waals surface area contributed by atoms with Crippen molar-refractivity contribution in [3.63, 3.8) is 0 Å². The van der Waals surface area contributed by atoms with E-state index >= 15 is 0 Å². The third-order valence-electron chi connectivity index (χ3n) is 4.21. The van der Waals surface area contributed by atoms with Gasteiger partial charge in [-0.25, -0.2) is 0 Å². The molecule has 0 bridgehead atoms. The Morgan fingerprint density at radius 1 is 1.12 bits per heavy atom. The molecular formula is C19H23N3O4. The highest BCUT2D eigenvalue weighted by Crippen LogP contribution is 2.19. The topological polar surface area (TPSA) is 93.5 Å². The zero-order valence-corrected chi connectivity index (χ0v) is 14.6. The zero-order valence-electron chi connectivity index (χ0n) is 14.6. The van der Waals surface area contributed by atoms with Gasteiger partial charge in [0.05, 0.1) is 0 Å². The number of ether oxygens (including phenoxy) is 1. The predicted octanol–water partition coefficient (Wildman–Crippen LogP) is 2.15. The molecule has 1 aromatic carbocycles. The van der Waals surface area contributed by atoms with E-state index in [0.717, 1.165) is 24.8 Å². The van der Waals surface area contributed by atoms with Crippen molar-refractivity contribution in [3.8, 4) is 11.3 Å². The number of hydrogen-bond donors (Lipinski definition) is 2. The molecule has 1 aromatic heterocycles. The smallest absolute Gasteiger partial charge is 0.273 e. The van der Waals surface area contributed by atoms with Gasteiger partial charge in [0, 0.05) is 31.3 Å². The van der Waals surface area contributed by atoms with Gasteiger partial charge in [0.2, 0.25) is 5.91 Å². The minimum atomic E-state index is -0.329. The van der Waals surface area contributed by atoms with E-state index in [4.69, 9.17) is 9.26 Å². The van der Waals surface area contributed by atoms with Crippen LogP contribution in [-0.4, -0.2) is 42.8 Å². The number of aromatic nitrogens is 1. The van der Waals surface area contributed by atoms with E-state index in [0.29, 0.717) is 31.9 Å². The Bertz CT molecular complexity index is 723. The standard InChI is InChI=1S/C19H23N3O4/c23-18(15-13-17(26-22-15)14-7-2-1-3-8-14)20-10-6-11-21-19(24)16-9-4-5-12-25-16/h1-3,7-8,13,16H,4-6,9-12H2,(H,20,23)(H,21,24). The SMILES string of the molecule is O=C(NCCCNC(=O)C1CCCCO1)c1cc(-c2ccccc2)on1. The fourth-order valence-corrected chi connectivity index (χ4v) is 2.77. The number of nitrogens with one attached hydrogen (secondary N) is 2. The van der Waals surface area contributed by atoms with Crippen LogP contribution in [0.1, 0.15) is 36.2 Å². The van der Waals surface area contributed by atoms with Crippen molar-refractivity contribution in [1.29, 1.82) is 0 Å². The average molecular weight is 357 g/mol. The summed E-state index contributed by atoms with van der Waals surface area (Å²) in [4.78, 5) is 24.0. The first-order valence-electron chi connectivity index (χ1n) is 8.93. The summed E-state index contributed by atoms with van der Waals surface area (Å²) in [6.07, 6.45) is 3.12. The van der Waals surface area contributed by atoms with Crippen LogP contribution in [0.2, 0.25) is 0 Å². The van der Waals surface area contributed by atoms with Gasteiger partial charge in [-0.2, -0.15) is 0 Å². The van der Waals surface area contributed by atoms with Crippen LogP contribution in [0.25, 0.3) is 11.3 Å². The van der Waals surface area contributed by atoms with Crippen LogP contribution < -0.4 is 10.6 Å². The molecule has 2 aromatic rings. The van der Waals surface area contributed by atoms with E-state index in [-0.39, 0.29) is 23.6 Å². The van der Waals surface area contributed by atoms with Crippen molar-refractivity contribution < 1.29 is 18.8 Å². The van der Waals surface area contributed by atoms with E-state index in [1.165, 1.54) is 0 Å². The van der Waals surface area contributed by atoms with Crippen LogP contribution in [0.3, 0.4) is 0 Å². The van der Waals surface area contributed by atoms with Crippen molar-refractivity contribution in [2.75, 3.05) is 19.7 Å². The molecule has 26 heavy (non-hydrogen) atoms. The molecule has 0 saturated carbocycles. The predicted molar refractivity (Wildman–Crippen MR) is 95.5 cm³/mol. The fourth-order valence-electron chi connectivity index (χ4n) is 2.77. The molecule has 0 spiro atoms. The Hall–Kier alpha value is -2.67. The summed E-state index contributed by atoms with van der Waals surface area (Å²) < 4.78 is 10.6. The van der Waals surface area contributed by atoms with Crippen molar-refractivity contribution in [1.82, 2.24) is 15.8 Å².